The molecule has 5 heteroatoms. The maximum absolute atomic E-state index is 9.30. The molecule has 0 spiro atoms. The summed E-state index contributed by atoms with van der Waals surface area (Å²) in [5.74, 6) is 0. The minimum absolute atomic E-state index is 0.105. The Morgan fingerprint density at radius 3 is 2.59 bits per heavy atom. The molecule has 1 heterocycles. The Kier molecular flexibility index (Phi) is 4.29. The first kappa shape index (κ1) is 12.7. The molecule has 0 saturated carbocycles. The van der Waals surface area contributed by atoms with E-state index >= 15 is 0 Å². The van der Waals surface area contributed by atoms with Crippen LogP contribution < -0.4 is 0 Å². The van der Waals surface area contributed by atoms with Crippen molar-refractivity contribution in [1.82, 2.24) is 4.98 Å². The maximum atomic E-state index is 9.30. The number of halogens is 2. The van der Waals surface area contributed by atoms with Crippen LogP contribution in [-0.2, 0) is 6.61 Å². The van der Waals surface area contributed by atoms with Crippen LogP contribution in [0.5, 0.6) is 0 Å². The van der Waals surface area contributed by atoms with E-state index in [2.05, 4.69) is 4.98 Å². The lowest BCUT2D eigenvalue weighted by molar-refractivity contribution is 0.279. The summed E-state index contributed by atoms with van der Waals surface area (Å²) < 4.78 is 0. The SMILES string of the molecule is OCc1c(Cl)cccc1Sc1ncccc1Cl. The fourth-order valence-corrected chi connectivity index (χ4v) is 2.80. The van der Waals surface area contributed by atoms with Crippen molar-refractivity contribution in [1.29, 1.82) is 0 Å². The Balaban J connectivity index is 2.37. The van der Waals surface area contributed by atoms with Gasteiger partial charge >= 0.3 is 0 Å². The summed E-state index contributed by atoms with van der Waals surface area (Å²) in [5, 5.41) is 11.1. The molecule has 0 aliphatic rings. The van der Waals surface area contributed by atoms with Crippen LogP contribution in [0.15, 0.2) is 46.5 Å². The van der Waals surface area contributed by atoms with Crippen LogP contribution in [0.3, 0.4) is 0 Å². The van der Waals surface area contributed by atoms with Gasteiger partial charge in [0.25, 0.3) is 0 Å². The Morgan fingerprint density at radius 2 is 1.88 bits per heavy atom. The van der Waals surface area contributed by atoms with Crippen LogP contribution >= 0.6 is 35.0 Å². The van der Waals surface area contributed by atoms with Gasteiger partial charge in [0.15, 0.2) is 0 Å². The van der Waals surface area contributed by atoms with Crippen molar-refractivity contribution < 1.29 is 5.11 Å². The summed E-state index contributed by atoms with van der Waals surface area (Å²) in [7, 11) is 0. The van der Waals surface area contributed by atoms with Crippen LogP contribution in [0.2, 0.25) is 10.0 Å². The second kappa shape index (κ2) is 5.74. The average molecular weight is 286 g/mol. The van der Waals surface area contributed by atoms with Crippen molar-refractivity contribution in [3.63, 3.8) is 0 Å². The Labute approximate surface area is 114 Å². The van der Waals surface area contributed by atoms with Gasteiger partial charge in [0.1, 0.15) is 5.03 Å². The highest BCUT2D eigenvalue weighted by atomic mass is 35.5. The van der Waals surface area contributed by atoms with Crippen molar-refractivity contribution in [3.8, 4) is 0 Å². The van der Waals surface area contributed by atoms with Crippen LogP contribution in [0, 0.1) is 0 Å². The first-order valence-electron chi connectivity index (χ1n) is 4.89. The highest BCUT2D eigenvalue weighted by Gasteiger charge is 2.10. The number of aromatic nitrogens is 1. The molecule has 0 bridgehead atoms. The molecule has 0 atom stereocenters. The molecule has 0 aliphatic carbocycles. The maximum Gasteiger partial charge on any atom is 0.119 e. The third kappa shape index (κ3) is 2.93. The van der Waals surface area contributed by atoms with Gasteiger partial charge in [0.2, 0.25) is 0 Å². The predicted molar refractivity (Wildman–Crippen MR) is 70.7 cm³/mol. The van der Waals surface area contributed by atoms with E-state index in [0.29, 0.717) is 20.6 Å². The number of benzene rings is 1. The van der Waals surface area contributed by atoms with Gasteiger partial charge in [-0.05, 0) is 24.3 Å². The van der Waals surface area contributed by atoms with Crippen LogP contribution in [0.4, 0.5) is 0 Å². The van der Waals surface area contributed by atoms with Gasteiger partial charge in [-0.15, -0.1) is 0 Å². The first-order chi connectivity index (χ1) is 8.22. The van der Waals surface area contributed by atoms with Gasteiger partial charge in [-0.25, -0.2) is 4.98 Å². The first-order valence-corrected chi connectivity index (χ1v) is 6.46. The lowest BCUT2D eigenvalue weighted by Crippen LogP contribution is -1.90. The highest BCUT2D eigenvalue weighted by Crippen LogP contribution is 2.35. The second-order valence-corrected chi connectivity index (χ2v) is 5.11. The zero-order valence-corrected chi connectivity index (χ0v) is 11.1. The fraction of sp³-hybridized carbons (Fsp3) is 0.0833. The van der Waals surface area contributed by atoms with Gasteiger partial charge in [0.05, 0.1) is 11.6 Å². The molecular formula is C12H9Cl2NOS. The molecular weight excluding hydrogens is 277 g/mol. The quantitative estimate of drug-likeness (QED) is 0.924. The van der Waals surface area contributed by atoms with Gasteiger partial charge in [0, 0.05) is 21.7 Å². The highest BCUT2D eigenvalue weighted by molar-refractivity contribution is 7.99. The zero-order chi connectivity index (χ0) is 12.3. The van der Waals surface area contributed by atoms with Gasteiger partial charge in [-0.3, -0.25) is 0 Å². The standard InChI is InChI=1S/C12H9Cl2NOS/c13-9-3-1-5-11(8(9)7-16)17-12-10(14)4-2-6-15-12/h1-6,16H,7H2. The molecule has 1 N–H and O–H groups in total. The normalized spacial score (nSPS) is 10.5. The molecule has 0 unspecified atom stereocenters. The minimum atomic E-state index is -0.105. The van der Waals surface area contributed by atoms with E-state index in [1.54, 1.807) is 24.4 Å². The lowest BCUT2D eigenvalue weighted by atomic mass is 10.2. The summed E-state index contributed by atoms with van der Waals surface area (Å²) in [6.45, 7) is -0.105. The summed E-state index contributed by atoms with van der Waals surface area (Å²) in [4.78, 5) is 5.05. The molecule has 0 saturated heterocycles. The van der Waals surface area contributed by atoms with Crippen molar-refractivity contribution in [2.75, 3.05) is 0 Å². The molecule has 0 fully saturated rings. The van der Waals surface area contributed by atoms with E-state index in [0.717, 1.165) is 4.90 Å². The Bertz CT molecular complexity index is 534. The van der Waals surface area contributed by atoms with E-state index in [-0.39, 0.29) is 6.61 Å². The molecule has 2 nitrogen and oxygen atoms in total. The number of aliphatic hydroxyl groups is 1. The summed E-state index contributed by atoms with van der Waals surface area (Å²) >= 11 is 13.4. The Morgan fingerprint density at radius 1 is 1.12 bits per heavy atom. The summed E-state index contributed by atoms with van der Waals surface area (Å²) in [5.41, 5.74) is 0.695. The molecule has 0 amide bonds. The third-order valence-corrected chi connectivity index (χ3v) is 4.06. The molecule has 1 aromatic carbocycles. The van der Waals surface area contributed by atoms with E-state index in [1.807, 2.05) is 12.1 Å². The predicted octanol–water partition coefficient (Wildman–Crippen LogP) is 4.03. The average Bonchev–Trinajstić information content (AvgIpc) is 2.32. The number of pyridine rings is 1. The zero-order valence-electron chi connectivity index (χ0n) is 8.73. The van der Waals surface area contributed by atoms with Crippen molar-refractivity contribution in [2.45, 2.75) is 16.5 Å². The topological polar surface area (TPSA) is 33.1 Å². The smallest absolute Gasteiger partial charge is 0.119 e. The van der Waals surface area contributed by atoms with Crippen LogP contribution in [0.25, 0.3) is 0 Å². The van der Waals surface area contributed by atoms with Gasteiger partial charge in [-0.2, -0.15) is 0 Å². The van der Waals surface area contributed by atoms with E-state index < -0.39 is 0 Å². The third-order valence-electron chi connectivity index (χ3n) is 2.17. The summed E-state index contributed by atoms with van der Waals surface area (Å²) in [6.07, 6.45) is 1.68. The monoisotopic (exact) mass is 285 g/mol. The molecule has 2 aromatic rings. The number of hydrogen-bond donors (Lipinski definition) is 1. The van der Waals surface area contributed by atoms with Crippen LogP contribution in [0.1, 0.15) is 5.56 Å². The Hall–Kier alpha value is -0.740. The van der Waals surface area contributed by atoms with Gasteiger partial charge < -0.3 is 5.11 Å². The number of rotatable bonds is 3. The van der Waals surface area contributed by atoms with E-state index in [1.165, 1.54) is 11.8 Å². The van der Waals surface area contributed by atoms with Crippen molar-refractivity contribution in [3.05, 3.63) is 52.1 Å². The molecule has 17 heavy (non-hydrogen) atoms. The number of hydrogen-bond acceptors (Lipinski definition) is 3. The number of aliphatic hydroxyl groups excluding tert-OH is 1. The second-order valence-electron chi connectivity index (χ2n) is 3.27. The fourth-order valence-electron chi connectivity index (χ4n) is 1.34. The largest absolute Gasteiger partial charge is 0.392 e. The van der Waals surface area contributed by atoms with E-state index in [4.69, 9.17) is 23.2 Å². The lowest BCUT2D eigenvalue weighted by Gasteiger charge is -2.08. The molecule has 2 rings (SSSR count). The van der Waals surface area contributed by atoms with Crippen molar-refractivity contribution in [2.24, 2.45) is 0 Å². The minimum Gasteiger partial charge on any atom is -0.392 e. The summed E-state index contributed by atoms with van der Waals surface area (Å²) in [6, 6.07) is 9.02. The molecule has 0 radical (unpaired) electrons. The van der Waals surface area contributed by atoms with Gasteiger partial charge in [-0.1, -0.05) is 41.0 Å². The van der Waals surface area contributed by atoms with E-state index in [9.17, 15) is 5.11 Å². The molecule has 0 aliphatic heterocycles. The van der Waals surface area contributed by atoms with Crippen LogP contribution in [-0.4, -0.2) is 10.1 Å². The number of nitrogens with zero attached hydrogens (tertiary/aromatic N) is 1. The molecule has 1 aromatic heterocycles. The molecule has 88 valence electrons. The van der Waals surface area contributed by atoms with Crippen molar-refractivity contribution >= 4 is 35.0 Å².